The summed E-state index contributed by atoms with van der Waals surface area (Å²) in [5.41, 5.74) is 0.179. The molecule has 6 rings (SSSR count). The van der Waals surface area contributed by atoms with Crippen LogP contribution in [-0.4, -0.2) is 83.2 Å². The molecule has 8 atom stereocenters. The molecule has 0 saturated carbocycles. The number of allylic oxidation sites excluding steroid dienone is 2. The van der Waals surface area contributed by atoms with E-state index in [0.29, 0.717) is 12.8 Å². The van der Waals surface area contributed by atoms with Crippen molar-refractivity contribution >= 4 is 0 Å². The fourth-order valence-corrected chi connectivity index (χ4v) is 5.30. The summed E-state index contributed by atoms with van der Waals surface area (Å²) < 4.78 is 29.5. The summed E-state index contributed by atoms with van der Waals surface area (Å²) in [7, 11) is 0. The van der Waals surface area contributed by atoms with Crippen LogP contribution in [0, 0.1) is 10.8 Å². The number of ether oxygens (including phenoxy) is 5. The molecule has 4 N–H and O–H groups in total. The molecule has 0 amide bonds. The second-order valence-corrected chi connectivity index (χ2v) is 9.10. The van der Waals surface area contributed by atoms with Gasteiger partial charge in [0.2, 0.25) is 11.6 Å². The van der Waals surface area contributed by atoms with Crippen LogP contribution in [0.1, 0.15) is 12.8 Å². The summed E-state index contributed by atoms with van der Waals surface area (Å²) in [4.78, 5) is 0. The van der Waals surface area contributed by atoms with Gasteiger partial charge >= 0.3 is 0 Å². The number of epoxide rings is 2. The molecule has 168 valence electrons. The van der Waals surface area contributed by atoms with Crippen molar-refractivity contribution in [3.8, 4) is 0 Å². The van der Waals surface area contributed by atoms with Crippen molar-refractivity contribution in [2.24, 2.45) is 10.8 Å². The normalized spacial score (nSPS) is 51.1. The molecular weight excluding hydrogens is 408 g/mol. The van der Waals surface area contributed by atoms with Crippen molar-refractivity contribution in [3.63, 3.8) is 0 Å². The molecular formula is C22H26O9. The fourth-order valence-electron chi connectivity index (χ4n) is 5.30. The maximum Gasteiger partial charge on any atom is 0.215 e. The van der Waals surface area contributed by atoms with Crippen LogP contribution in [-0.2, 0) is 23.7 Å². The summed E-state index contributed by atoms with van der Waals surface area (Å²) in [5.74, 6) is -1.84. The molecule has 8 unspecified atom stereocenters. The van der Waals surface area contributed by atoms with Crippen LogP contribution in [0.2, 0.25) is 0 Å². The van der Waals surface area contributed by atoms with Gasteiger partial charge in [0.25, 0.3) is 0 Å². The van der Waals surface area contributed by atoms with Gasteiger partial charge in [0.1, 0.15) is 0 Å². The van der Waals surface area contributed by atoms with E-state index in [1.54, 1.807) is 12.2 Å². The highest BCUT2D eigenvalue weighted by Crippen LogP contribution is 2.67. The van der Waals surface area contributed by atoms with E-state index in [4.69, 9.17) is 23.7 Å². The minimum absolute atomic E-state index is 0.0499. The van der Waals surface area contributed by atoms with Crippen LogP contribution in [0.4, 0.5) is 0 Å². The quantitative estimate of drug-likeness (QED) is 0.377. The molecule has 2 aliphatic carbocycles. The van der Waals surface area contributed by atoms with E-state index in [9.17, 15) is 20.4 Å². The van der Waals surface area contributed by atoms with Crippen molar-refractivity contribution in [1.82, 2.24) is 0 Å². The van der Waals surface area contributed by atoms with E-state index in [-0.39, 0.29) is 38.6 Å². The molecule has 4 saturated heterocycles. The topological polar surface area (TPSA) is 134 Å². The number of hydrogen-bond acceptors (Lipinski definition) is 9. The molecule has 0 aromatic rings. The summed E-state index contributed by atoms with van der Waals surface area (Å²) >= 11 is 0. The highest BCUT2D eigenvalue weighted by Gasteiger charge is 2.85. The predicted octanol–water partition coefficient (Wildman–Crippen LogP) is -0.380. The molecule has 9 heteroatoms. The van der Waals surface area contributed by atoms with Crippen LogP contribution in [0.25, 0.3) is 0 Å². The monoisotopic (exact) mass is 434 g/mol. The summed E-state index contributed by atoms with van der Waals surface area (Å²) in [6.45, 7) is -0.395. The SMILES string of the molecule is OCC1=CCC(CO)(C23OC(OC4OC5(C6(CO)C=CC(CO)=CC6)OC45)C2O3)C=C1. The highest BCUT2D eigenvalue weighted by molar-refractivity contribution is 5.35. The Labute approximate surface area is 178 Å². The minimum Gasteiger partial charge on any atom is -0.395 e. The van der Waals surface area contributed by atoms with E-state index >= 15 is 0 Å². The van der Waals surface area contributed by atoms with E-state index < -0.39 is 35.0 Å². The second-order valence-electron chi connectivity index (χ2n) is 9.10. The lowest BCUT2D eigenvalue weighted by atomic mass is 9.72. The number of aliphatic hydroxyl groups is 4. The van der Waals surface area contributed by atoms with E-state index in [0.717, 1.165) is 11.1 Å². The molecule has 4 fully saturated rings. The first-order chi connectivity index (χ1) is 15.0. The van der Waals surface area contributed by atoms with Gasteiger partial charge in [0.05, 0.1) is 37.3 Å². The molecule has 31 heavy (non-hydrogen) atoms. The standard InChI is InChI=1S/C22H26O9/c23-9-13-1-5-19(11-25,6-2-13)21-15(28-21)17(30-21)27-18-16-22(29-16,31-18)20(12-26)7-3-14(10-24)4-8-20/h1-5,7,15-18,23-26H,6,8-12H2. The molecule has 4 aliphatic heterocycles. The van der Waals surface area contributed by atoms with E-state index in [1.165, 1.54) is 0 Å². The summed E-state index contributed by atoms with van der Waals surface area (Å²) in [6, 6.07) is 0. The van der Waals surface area contributed by atoms with Crippen molar-refractivity contribution in [3.05, 3.63) is 47.6 Å². The van der Waals surface area contributed by atoms with Crippen LogP contribution in [0.5, 0.6) is 0 Å². The Morgan fingerprint density at radius 1 is 0.742 bits per heavy atom. The first kappa shape index (κ1) is 20.2. The van der Waals surface area contributed by atoms with E-state index in [2.05, 4.69) is 0 Å². The average molecular weight is 434 g/mol. The number of aliphatic hydroxyl groups excluding tert-OH is 4. The maximum absolute atomic E-state index is 10.0. The van der Waals surface area contributed by atoms with Crippen molar-refractivity contribution in [2.75, 3.05) is 26.4 Å². The third-order valence-electron chi connectivity index (χ3n) is 7.59. The molecule has 0 bridgehead atoms. The van der Waals surface area contributed by atoms with Gasteiger partial charge in [-0.05, 0) is 24.0 Å². The highest BCUT2D eigenvalue weighted by atomic mass is 17.0. The Balaban J connectivity index is 1.07. The van der Waals surface area contributed by atoms with Crippen molar-refractivity contribution in [2.45, 2.75) is 49.2 Å². The lowest BCUT2D eigenvalue weighted by molar-refractivity contribution is -0.364. The third kappa shape index (κ3) is 2.47. The second kappa shape index (κ2) is 6.57. The molecule has 0 aromatic carbocycles. The zero-order valence-electron chi connectivity index (χ0n) is 16.8. The van der Waals surface area contributed by atoms with Gasteiger partial charge in [-0.3, -0.25) is 0 Å². The van der Waals surface area contributed by atoms with Gasteiger partial charge in [0.15, 0.2) is 24.8 Å². The smallest absolute Gasteiger partial charge is 0.215 e. The summed E-state index contributed by atoms with van der Waals surface area (Å²) in [6.07, 6.45) is 10.1. The van der Waals surface area contributed by atoms with Crippen molar-refractivity contribution in [1.29, 1.82) is 0 Å². The van der Waals surface area contributed by atoms with Gasteiger partial charge in [0, 0.05) is 0 Å². The maximum atomic E-state index is 10.0. The first-order valence-electron chi connectivity index (χ1n) is 10.6. The Kier molecular flexibility index (Phi) is 4.28. The van der Waals surface area contributed by atoms with E-state index in [1.807, 2.05) is 24.3 Å². The Hall–Kier alpha value is -1.40. The zero-order valence-corrected chi connectivity index (χ0v) is 16.8. The minimum atomic E-state index is -0.921. The molecule has 6 aliphatic rings. The molecule has 4 heterocycles. The molecule has 9 nitrogen and oxygen atoms in total. The Bertz CT molecular complexity index is 839. The first-order valence-corrected chi connectivity index (χ1v) is 10.6. The third-order valence-corrected chi connectivity index (χ3v) is 7.59. The fraction of sp³-hybridized carbons (Fsp3) is 0.636. The lowest BCUT2D eigenvalue weighted by Crippen LogP contribution is -2.61. The number of fused-ring (bicyclic) bond motifs is 2. The zero-order chi connectivity index (χ0) is 21.5. The Morgan fingerprint density at radius 3 is 1.48 bits per heavy atom. The van der Waals surface area contributed by atoms with Crippen LogP contribution in [0.3, 0.4) is 0 Å². The molecule has 0 spiro atoms. The molecule has 0 aromatic heterocycles. The summed E-state index contributed by atoms with van der Waals surface area (Å²) in [5, 5.41) is 38.6. The van der Waals surface area contributed by atoms with Crippen molar-refractivity contribution < 1.29 is 44.1 Å². The van der Waals surface area contributed by atoms with Crippen LogP contribution >= 0.6 is 0 Å². The largest absolute Gasteiger partial charge is 0.395 e. The van der Waals surface area contributed by atoms with Gasteiger partial charge in [-0.15, -0.1) is 0 Å². The number of rotatable bonds is 8. The van der Waals surface area contributed by atoms with Crippen LogP contribution in [0.15, 0.2) is 47.6 Å². The number of hydrogen-bond donors (Lipinski definition) is 4. The van der Waals surface area contributed by atoms with Crippen LogP contribution < -0.4 is 0 Å². The van der Waals surface area contributed by atoms with Gasteiger partial charge in [-0.1, -0.05) is 36.5 Å². The lowest BCUT2D eigenvalue weighted by Gasteiger charge is -2.46. The predicted molar refractivity (Wildman–Crippen MR) is 103 cm³/mol. The van der Waals surface area contributed by atoms with Gasteiger partial charge in [-0.2, -0.15) is 0 Å². The van der Waals surface area contributed by atoms with Gasteiger partial charge < -0.3 is 44.1 Å². The average Bonchev–Trinajstić information content (AvgIpc) is 3.65. The Morgan fingerprint density at radius 2 is 1.19 bits per heavy atom. The molecule has 0 radical (unpaired) electrons. The van der Waals surface area contributed by atoms with Gasteiger partial charge in [-0.25, -0.2) is 0 Å².